The highest BCUT2D eigenvalue weighted by molar-refractivity contribution is 8.31. The fraction of sp³-hybridized carbons (Fsp3) is 0.0909. The van der Waals surface area contributed by atoms with Gasteiger partial charge in [-0.2, -0.15) is 0 Å². The maximum atomic E-state index is 13.2. The summed E-state index contributed by atoms with van der Waals surface area (Å²) in [7, 11) is -1.35. The molecule has 3 rings (SSSR count). The molecule has 0 aliphatic carbocycles. The van der Waals surface area contributed by atoms with E-state index in [1.807, 2.05) is 0 Å². The molecule has 174 valence electrons. The molecular formula is C22H23ClN4O5S. The Morgan fingerprint density at radius 2 is 1.58 bits per heavy atom. The lowest BCUT2D eigenvalue weighted by molar-refractivity contribution is -0.384. The molecule has 0 aliphatic rings. The number of nitrogens with zero attached hydrogens (tertiary/aromatic N) is 1. The lowest BCUT2D eigenvalue weighted by Gasteiger charge is -2.42. The van der Waals surface area contributed by atoms with Gasteiger partial charge in [-0.05, 0) is 46.8 Å². The molecule has 0 bridgehead atoms. The minimum atomic E-state index is -2.82. The Labute approximate surface area is 198 Å². The molecule has 0 saturated carbocycles. The number of rotatable bonds is 8. The number of carbonyl (C=O) groups is 2. The third-order valence-corrected chi connectivity index (χ3v) is 7.54. The van der Waals surface area contributed by atoms with E-state index in [0.29, 0.717) is 21.1 Å². The van der Waals surface area contributed by atoms with E-state index >= 15 is 0 Å². The van der Waals surface area contributed by atoms with Crippen molar-refractivity contribution >= 4 is 40.3 Å². The topological polar surface area (TPSA) is 137 Å². The molecule has 0 aromatic heterocycles. The van der Waals surface area contributed by atoms with Gasteiger partial charge in [-0.15, -0.1) is 12.4 Å². The summed E-state index contributed by atoms with van der Waals surface area (Å²) < 4.78 is 11.4. The Bertz CT molecular complexity index is 1130. The van der Waals surface area contributed by atoms with Crippen LogP contribution in [0.5, 0.6) is 5.75 Å². The fourth-order valence-electron chi connectivity index (χ4n) is 3.02. The van der Waals surface area contributed by atoms with E-state index in [-0.39, 0.29) is 24.6 Å². The average molecular weight is 491 g/mol. The Morgan fingerprint density at radius 1 is 0.970 bits per heavy atom. The van der Waals surface area contributed by atoms with E-state index < -0.39 is 27.1 Å². The van der Waals surface area contributed by atoms with Crippen LogP contribution in [-0.4, -0.2) is 30.4 Å². The summed E-state index contributed by atoms with van der Waals surface area (Å²) in [4.78, 5) is 37.4. The number of hydrogen-bond acceptors (Lipinski definition) is 6. The molecule has 9 nitrogen and oxygen atoms in total. The zero-order chi connectivity index (χ0) is 23.1. The SMILES string of the molecule is COc1ccccc1S(NC(=O)CN)(NC(=O)c1ccccc1)c1ccc([N+](=O)[O-])cc1.Cl. The minimum Gasteiger partial charge on any atom is -0.496 e. The number of methoxy groups -OCH3 is 1. The first-order valence-corrected chi connectivity index (χ1v) is 11.1. The van der Waals surface area contributed by atoms with Crippen molar-refractivity contribution in [2.45, 2.75) is 9.79 Å². The Hall–Kier alpha value is -3.60. The van der Waals surface area contributed by atoms with Crippen molar-refractivity contribution < 1.29 is 19.2 Å². The van der Waals surface area contributed by atoms with Gasteiger partial charge in [-0.3, -0.25) is 29.1 Å². The predicted octanol–water partition coefficient (Wildman–Crippen LogP) is 3.58. The van der Waals surface area contributed by atoms with Crippen LogP contribution in [0.1, 0.15) is 10.4 Å². The third kappa shape index (κ3) is 5.61. The summed E-state index contributed by atoms with van der Waals surface area (Å²) in [6.45, 7) is -0.321. The maximum Gasteiger partial charge on any atom is 0.269 e. The van der Waals surface area contributed by atoms with E-state index in [2.05, 4.69) is 9.44 Å². The molecule has 1 unspecified atom stereocenters. The Kier molecular flexibility index (Phi) is 8.80. The van der Waals surface area contributed by atoms with Gasteiger partial charge < -0.3 is 10.5 Å². The first-order chi connectivity index (χ1) is 15.4. The van der Waals surface area contributed by atoms with Crippen LogP contribution in [0.2, 0.25) is 0 Å². The van der Waals surface area contributed by atoms with Crippen LogP contribution in [0.15, 0.2) is 88.7 Å². The normalized spacial score (nSPS) is 12.9. The number of ether oxygens (including phenoxy) is 1. The molecule has 0 radical (unpaired) electrons. The van der Waals surface area contributed by atoms with Crippen molar-refractivity contribution in [2.75, 3.05) is 13.7 Å². The smallest absolute Gasteiger partial charge is 0.269 e. The number of hydrogen-bond donors (Lipinski definition) is 3. The van der Waals surface area contributed by atoms with Crippen molar-refractivity contribution in [1.29, 1.82) is 0 Å². The largest absolute Gasteiger partial charge is 0.496 e. The van der Waals surface area contributed by atoms with Crippen LogP contribution in [0.4, 0.5) is 5.69 Å². The molecule has 2 amide bonds. The van der Waals surface area contributed by atoms with E-state index in [4.69, 9.17) is 10.5 Å². The second-order valence-electron chi connectivity index (χ2n) is 6.54. The molecule has 11 heteroatoms. The number of non-ortho nitro benzene ring substituents is 1. The van der Waals surface area contributed by atoms with Crippen LogP contribution in [0.25, 0.3) is 0 Å². The Morgan fingerprint density at radius 3 is 2.15 bits per heavy atom. The van der Waals surface area contributed by atoms with Crippen LogP contribution >= 0.6 is 22.8 Å². The summed E-state index contributed by atoms with van der Waals surface area (Å²) >= 11 is 0. The molecule has 0 saturated heterocycles. The van der Waals surface area contributed by atoms with Gasteiger partial charge in [0.1, 0.15) is 5.75 Å². The van der Waals surface area contributed by atoms with Crippen molar-refractivity contribution in [3.63, 3.8) is 0 Å². The van der Waals surface area contributed by atoms with Crippen molar-refractivity contribution in [3.8, 4) is 5.75 Å². The highest BCUT2D eigenvalue weighted by atomic mass is 35.5. The van der Waals surface area contributed by atoms with Gasteiger partial charge in [-0.25, -0.2) is 0 Å². The molecule has 0 heterocycles. The van der Waals surface area contributed by atoms with Crippen LogP contribution in [0.3, 0.4) is 0 Å². The number of halogens is 1. The number of amides is 2. The van der Waals surface area contributed by atoms with Gasteiger partial charge in [0, 0.05) is 22.6 Å². The molecule has 33 heavy (non-hydrogen) atoms. The Balaban J connectivity index is 0.00000385. The minimum absolute atomic E-state index is 0. The van der Waals surface area contributed by atoms with Crippen LogP contribution in [-0.2, 0) is 4.79 Å². The van der Waals surface area contributed by atoms with Crippen molar-refractivity contribution in [3.05, 3.63) is 94.5 Å². The standard InChI is InChI=1S/C22H22N4O5S.ClH/c1-31-19-9-5-6-10-20(19)32(24-21(27)15-23,18-13-11-17(12-14-18)26(29)30)25-22(28)16-7-3-2-4-8-16;/h2-14H,15,23H2,1H3,(H,24,27)(H,25,28);1H. The molecule has 3 aromatic carbocycles. The van der Waals surface area contributed by atoms with E-state index in [1.54, 1.807) is 54.6 Å². The summed E-state index contributed by atoms with van der Waals surface area (Å²) in [5.74, 6) is -0.536. The van der Waals surface area contributed by atoms with E-state index in [9.17, 15) is 19.7 Å². The third-order valence-electron chi connectivity index (χ3n) is 4.53. The summed E-state index contributed by atoms with van der Waals surface area (Å²) in [5, 5.41) is 11.2. The number of nitrogens with two attached hydrogens (primary N) is 1. The summed E-state index contributed by atoms with van der Waals surface area (Å²) in [6, 6.07) is 21.1. The van der Waals surface area contributed by atoms with E-state index in [0.717, 1.165) is 0 Å². The number of nitro groups is 1. The molecule has 1 atom stereocenters. The fourth-order valence-corrected chi connectivity index (χ4v) is 5.89. The zero-order valence-corrected chi connectivity index (χ0v) is 19.2. The number of benzene rings is 3. The highest BCUT2D eigenvalue weighted by Gasteiger charge is 2.35. The second-order valence-corrected chi connectivity index (χ2v) is 9.09. The van der Waals surface area contributed by atoms with E-state index in [1.165, 1.54) is 31.4 Å². The number of para-hydroxylation sites is 1. The quantitative estimate of drug-likeness (QED) is 0.326. The second kappa shape index (κ2) is 11.3. The summed E-state index contributed by atoms with van der Waals surface area (Å²) in [6.07, 6.45) is 0. The molecule has 0 spiro atoms. The average Bonchev–Trinajstić information content (AvgIpc) is 2.84. The molecule has 4 N–H and O–H groups in total. The summed E-state index contributed by atoms with van der Waals surface area (Å²) in [5.41, 5.74) is 5.83. The van der Waals surface area contributed by atoms with Crippen LogP contribution < -0.4 is 19.9 Å². The molecule has 3 aromatic rings. The monoisotopic (exact) mass is 490 g/mol. The highest BCUT2D eigenvalue weighted by Crippen LogP contribution is 2.59. The van der Waals surface area contributed by atoms with Gasteiger partial charge in [0.15, 0.2) is 0 Å². The van der Waals surface area contributed by atoms with Gasteiger partial charge in [0.25, 0.3) is 11.6 Å². The number of carbonyl (C=O) groups excluding carboxylic acids is 2. The van der Waals surface area contributed by atoms with Gasteiger partial charge in [0.2, 0.25) is 5.91 Å². The van der Waals surface area contributed by atoms with Gasteiger partial charge in [0.05, 0.1) is 23.5 Å². The lowest BCUT2D eigenvalue weighted by atomic mass is 10.2. The number of nitro benzene ring substituents is 1. The van der Waals surface area contributed by atoms with Crippen molar-refractivity contribution in [1.82, 2.24) is 9.44 Å². The first-order valence-electron chi connectivity index (χ1n) is 9.50. The zero-order valence-electron chi connectivity index (χ0n) is 17.6. The first kappa shape index (κ1) is 25.7. The molecule has 0 fully saturated rings. The predicted molar refractivity (Wildman–Crippen MR) is 129 cm³/mol. The number of nitrogens with one attached hydrogen (secondary N) is 2. The molecule has 0 aliphatic heterocycles. The van der Waals surface area contributed by atoms with Crippen LogP contribution in [0, 0.1) is 10.1 Å². The van der Waals surface area contributed by atoms with Gasteiger partial charge in [-0.1, -0.05) is 30.3 Å². The van der Waals surface area contributed by atoms with Crippen molar-refractivity contribution in [2.24, 2.45) is 5.73 Å². The van der Waals surface area contributed by atoms with Gasteiger partial charge >= 0.3 is 0 Å². The maximum absolute atomic E-state index is 13.2. The lowest BCUT2D eigenvalue weighted by Crippen LogP contribution is -2.42. The molecular weight excluding hydrogens is 468 g/mol.